The van der Waals surface area contributed by atoms with E-state index in [0.717, 1.165) is 19.2 Å². The Labute approximate surface area is 219 Å². The number of ether oxygens (including phenoxy) is 2. The van der Waals surface area contributed by atoms with Crippen molar-refractivity contribution in [3.05, 3.63) is 69.8 Å². The molecule has 0 unspecified atom stereocenters. The quantitative estimate of drug-likeness (QED) is 0.209. The second kappa shape index (κ2) is 12.0. The molecule has 0 atom stereocenters. The van der Waals surface area contributed by atoms with E-state index in [0.29, 0.717) is 0 Å². The first-order valence-electron chi connectivity index (χ1n) is 11.4. The first kappa shape index (κ1) is 30.1. The molecule has 0 aromatic heterocycles. The maximum atomic E-state index is 13.5. The lowest BCUT2D eigenvalue weighted by Gasteiger charge is -2.20. The van der Waals surface area contributed by atoms with Gasteiger partial charge in [0.2, 0.25) is 0 Å². The second-order valence-electron chi connectivity index (χ2n) is 9.93. The molecule has 0 N–H and O–H groups in total. The summed E-state index contributed by atoms with van der Waals surface area (Å²) < 4.78 is 9.41. The third-order valence-electron chi connectivity index (χ3n) is 4.57. The van der Waals surface area contributed by atoms with Crippen molar-refractivity contribution >= 4 is 29.7 Å². The highest BCUT2D eigenvalue weighted by Gasteiger charge is 2.34. The molecule has 0 spiro atoms. The number of esters is 2. The van der Waals surface area contributed by atoms with Crippen molar-refractivity contribution in [2.75, 3.05) is 14.2 Å². The number of carbonyl (C=O) groups excluding carboxylic acids is 5. The van der Waals surface area contributed by atoms with Crippen LogP contribution in [0.15, 0.2) is 36.4 Å². The fourth-order valence-electron chi connectivity index (χ4n) is 2.94. The van der Waals surface area contributed by atoms with Gasteiger partial charge in [0, 0.05) is 11.1 Å². The molecule has 0 heterocycles. The number of hydrogen-bond donors (Lipinski definition) is 0. The van der Waals surface area contributed by atoms with Gasteiger partial charge in [-0.1, -0.05) is 12.1 Å². The maximum Gasteiger partial charge on any atom is 0.374 e. The molecule has 0 saturated heterocycles. The Balaban J connectivity index is 2.75. The van der Waals surface area contributed by atoms with E-state index in [1.165, 1.54) is 31.4 Å². The molecule has 0 fully saturated rings. The van der Waals surface area contributed by atoms with E-state index in [1.807, 2.05) is 0 Å². The molecule has 11 heteroatoms. The van der Waals surface area contributed by atoms with Crippen LogP contribution >= 0.6 is 0 Å². The molecule has 11 nitrogen and oxygen atoms in total. The van der Waals surface area contributed by atoms with Crippen molar-refractivity contribution in [1.29, 1.82) is 0 Å². The first-order chi connectivity index (χ1) is 17.6. The minimum Gasteiger partial charge on any atom is -0.465 e. The Morgan fingerprint density at radius 2 is 0.921 bits per heavy atom. The van der Waals surface area contributed by atoms with Crippen molar-refractivity contribution < 1.29 is 53.0 Å². The molecule has 38 heavy (non-hydrogen) atoms. The van der Waals surface area contributed by atoms with Gasteiger partial charge in [-0.3, -0.25) is 14.6 Å². The molecule has 2 rings (SSSR count). The average Bonchev–Trinajstić information content (AvgIpc) is 2.87. The monoisotopic (exact) mass is 530 g/mol. The van der Waals surface area contributed by atoms with E-state index < -0.39 is 52.0 Å². The van der Waals surface area contributed by atoms with Crippen LogP contribution in [0.3, 0.4) is 0 Å². The molecular formula is C27H30O11. The normalized spacial score (nSPS) is 11.4. The van der Waals surface area contributed by atoms with Crippen molar-refractivity contribution in [3.8, 4) is 0 Å². The molecule has 2 aromatic rings. The Kier molecular flexibility index (Phi) is 9.49. The lowest BCUT2D eigenvalue weighted by atomic mass is 9.91. The van der Waals surface area contributed by atoms with Gasteiger partial charge in [0.15, 0.2) is 5.78 Å². The first-order valence-corrected chi connectivity index (χ1v) is 11.4. The second-order valence-corrected chi connectivity index (χ2v) is 9.93. The fourth-order valence-corrected chi connectivity index (χ4v) is 2.94. The third kappa shape index (κ3) is 7.70. The van der Waals surface area contributed by atoms with E-state index in [1.54, 1.807) is 41.5 Å². The standard InChI is InChI=1S/C27H30O11/c1-26(2,3)37-35-24(31)19-17(21(28)15-9-11-16(12-10-15)22(29)33-7)13-14-18(23(30)34-8)20(19)25(32)36-38-27(4,5)6/h9-14H,1-8H3. The van der Waals surface area contributed by atoms with E-state index in [4.69, 9.17) is 24.3 Å². The van der Waals surface area contributed by atoms with Gasteiger partial charge >= 0.3 is 23.9 Å². The molecule has 0 amide bonds. The molecule has 0 bridgehead atoms. The summed E-state index contributed by atoms with van der Waals surface area (Å²) in [6, 6.07) is 7.69. The molecule has 0 saturated carbocycles. The number of ketones is 1. The fraction of sp³-hybridized carbons (Fsp3) is 0.370. The summed E-state index contributed by atoms with van der Waals surface area (Å²) >= 11 is 0. The van der Waals surface area contributed by atoms with Gasteiger partial charge in [0.05, 0.1) is 36.5 Å². The van der Waals surface area contributed by atoms with Crippen LogP contribution in [-0.4, -0.2) is 55.1 Å². The summed E-state index contributed by atoms with van der Waals surface area (Å²) in [7, 11) is 2.29. The van der Waals surface area contributed by atoms with Crippen LogP contribution in [0.25, 0.3) is 0 Å². The summed E-state index contributed by atoms with van der Waals surface area (Å²) in [5.74, 6) is -4.83. The smallest absolute Gasteiger partial charge is 0.374 e. The van der Waals surface area contributed by atoms with Crippen LogP contribution < -0.4 is 0 Å². The van der Waals surface area contributed by atoms with Crippen molar-refractivity contribution in [2.45, 2.75) is 52.7 Å². The van der Waals surface area contributed by atoms with Gasteiger partial charge in [-0.15, -0.1) is 0 Å². The molecule has 0 aliphatic heterocycles. The van der Waals surface area contributed by atoms with Gasteiger partial charge in [-0.25, -0.2) is 19.2 Å². The van der Waals surface area contributed by atoms with Gasteiger partial charge in [-0.05, 0) is 65.8 Å². The number of carbonyl (C=O) groups is 5. The summed E-state index contributed by atoms with van der Waals surface area (Å²) in [6.07, 6.45) is 0. The lowest BCUT2D eigenvalue weighted by molar-refractivity contribution is -0.302. The zero-order valence-electron chi connectivity index (χ0n) is 22.5. The van der Waals surface area contributed by atoms with Crippen LogP contribution in [0.4, 0.5) is 0 Å². The Hall–Kier alpha value is -4.09. The highest BCUT2D eigenvalue weighted by molar-refractivity contribution is 6.19. The van der Waals surface area contributed by atoms with Crippen LogP contribution in [0.1, 0.15) is 98.9 Å². The average molecular weight is 531 g/mol. The SMILES string of the molecule is COC(=O)c1ccc(C(=O)c2ccc(C(=O)OC)c(C(=O)OOC(C)(C)C)c2C(=O)OOC(C)(C)C)cc1. The predicted octanol–water partition coefficient (Wildman–Crippen LogP) is 4.26. The number of methoxy groups -OCH3 is 2. The lowest BCUT2D eigenvalue weighted by Crippen LogP contribution is -2.28. The summed E-state index contributed by atoms with van der Waals surface area (Å²) in [6.45, 7) is 9.62. The summed E-state index contributed by atoms with van der Waals surface area (Å²) in [4.78, 5) is 84.2. The van der Waals surface area contributed by atoms with Gasteiger partial charge in [-0.2, -0.15) is 9.78 Å². The molecule has 204 valence electrons. The van der Waals surface area contributed by atoms with Crippen LogP contribution in [0.2, 0.25) is 0 Å². The zero-order chi connectivity index (χ0) is 28.8. The van der Waals surface area contributed by atoms with Crippen LogP contribution in [0, 0.1) is 0 Å². The molecule has 2 aromatic carbocycles. The van der Waals surface area contributed by atoms with Crippen molar-refractivity contribution in [3.63, 3.8) is 0 Å². The summed E-state index contributed by atoms with van der Waals surface area (Å²) in [5.41, 5.74) is -3.57. The van der Waals surface area contributed by atoms with Gasteiger partial charge in [0.1, 0.15) is 11.2 Å². The van der Waals surface area contributed by atoms with E-state index in [2.05, 4.69) is 4.74 Å². The Morgan fingerprint density at radius 1 is 0.526 bits per heavy atom. The molecular weight excluding hydrogens is 500 g/mol. The third-order valence-corrected chi connectivity index (χ3v) is 4.57. The Morgan fingerprint density at radius 3 is 1.34 bits per heavy atom. The van der Waals surface area contributed by atoms with Crippen molar-refractivity contribution in [2.24, 2.45) is 0 Å². The zero-order valence-corrected chi connectivity index (χ0v) is 22.5. The maximum absolute atomic E-state index is 13.5. The van der Waals surface area contributed by atoms with E-state index in [-0.39, 0.29) is 22.3 Å². The van der Waals surface area contributed by atoms with E-state index >= 15 is 0 Å². The molecule has 0 radical (unpaired) electrons. The Bertz CT molecular complexity index is 1230. The van der Waals surface area contributed by atoms with Crippen LogP contribution in [-0.2, 0) is 29.0 Å². The molecule has 0 aliphatic rings. The summed E-state index contributed by atoms with van der Waals surface area (Å²) in [5, 5.41) is 0. The van der Waals surface area contributed by atoms with Crippen LogP contribution in [0.5, 0.6) is 0 Å². The van der Waals surface area contributed by atoms with Crippen molar-refractivity contribution in [1.82, 2.24) is 0 Å². The number of hydrogen-bond acceptors (Lipinski definition) is 11. The molecule has 0 aliphatic carbocycles. The highest BCUT2D eigenvalue weighted by Crippen LogP contribution is 2.27. The van der Waals surface area contributed by atoms with Gasteiger partial charge < -0.3 is 9.47 Å². The van der Waals surface area contributed by atoms with E-state index in [9.17, 15) is 24.0 Å². The van der Waals surface area contributed by atoms with Gasteiger partial charge in [0.25, 0.3) is 0 Å². The predicted molar refractivity (Wildman–Crippen MR) is 132 cm³/mol. The topological polar surface area (TPSA) is 141 Å². The minimum atomic E-state index is -1.25. The number of rotatable bonds is 8. The number of benzene rings is 2. The largest absolute Gasteiger partial charge is 0.465 e. The highest BCUT2D eigenvalue weighted by atomic mass is 17.2. The minimum absolute atomic E-state index is 0.0551.